The molecule has 8 heteroatoms. The number of hydrogen-bond donors (Lipinski definition) is 3. The third kappa shape index (κ3) is 2.98. The zero-order chi connectivity index (χ0) is 18.1. The van der Waals surface area contributed by atoms with Gasteiger partial charge in [-0.1, -0.05) is 18.2 Å². The van der Waals surface area contributed by atoms with Crippen molar-refractivity contribution in [1.29, 1.82) is 0 Å². The molecule has 2 aromatic heterocycles. The van der Waals surface area contributed by atoms with Gasteiger partial charge in [0.25, 0.3) is 0 Å². The fraction of sp³-hybridized carbons (Fsp3) is 0.0556. The number of halogens is 2. The highest BCUT2D eigenvalue weighted by atomic mass is 19.1. The lowest BCUT2D eigenvalue weighted by Crippen LogP contribution is -1.98. The molecular formula is C18H14F2N6. The standard InChI is InChI=1S/C18H14F2N6/c19-11-4-1-10(2-5-11)3-6-15-13-7-12(14(20)8-16(13)24-23-15)18-22-17(9-21)25-26-18/h1-8H,9,21H2,(H,23,24)(H,22,25,26). The monoisotopic (exact) mass is 352 g/mol. The maximum Gasteiger partial charge on any atom is 0.184 e. The molecule has 0 aliphatic carbocycles. The van der Waals surface area contributed by atoms with E-state index in [1.807, 2.05) is 0 Å². The van der Waals surface area contributed by atoms with Crippen LogP contribution in [0.5, 0.6) is 0 Å². The van der Waals surface area contributed by atoms with Gasteiger partial charge in [-0.05, 0) is 29.8 Å². The fourth-order valence-corrected chi connectivity index (χ4v) is 2.61. The number of nitrogens with two attached hydrogens (primary N) is 1. The Hall–Kier alpha value is -3.39. The van der Waals surface area contributed by atoms with Crippen LogP contribution in [0.2, 0.25) is 0 Å². The molecule has 26 heavy (non-hydrogen) atoms. The van der Waals surface area contributed by atoms with Gasteiger partial charge in [-0.25, -0.2) is 13.8 Å². The topological polar surface area (TPSA) is 96.3 Å². The number of nitrogens with one attached hydrogen (secondary N) is 2. The van der Waals surface area contributed by atoms with E-state index in [4.69, 9.17) is 5.73 Å². The lowest BCUT2D eigenvalue weighted by molar-refractivity contribution is 0.627. The first-order chi connectivity index (χ1) is 12.6. The van der Waals surface area contributed by atoms with Crippen molar-refractivity contribution in [3.63, 3.8) is 0 Å². The normalized spacial score (nSPS) is 11.7. The Morgan fingerprint density at radius 1 is 1.00 bits per heavy atom. The molecule has 4 rings (SSSR count). The van der Waals surface area contributed by atoms with Crippen LogP contribution < -0.4 is 5.73 Å². The van der Waals surface area contributed by atoms with Gasteiger partial charge >= 0.3 is 0 Å². The highest BCUT2D eigenvalue weighted by Gasteiger charge is 2.14. The van der Waals surface area contributed by atoms with Crippen molar-refractivity contribution in [2.45, 2.75) is 6.54 Å². The summed E-state index contributed by atoms with van der Waals surface area (Å²) in [5.74, 6) is -0.0451. The predicted octanol–water partition coefficient (Wildman–Crippen LogP) is 3.26. The first-order valence-corrected chi connectivity index (χ1v) is 7.87. The maximum atomic E-state index is 14.4. The number of nitrogens with zero attached hydrogens (tertiary/aromatic N) is 3. The molecule has 0 saturated carbocycles. The Morgan fingerprint density at radius 3 is 2.54 bits per heavy atom. The fourth-order valence-electron chi connectivity index (χ4n) is 2.61. The van der Waals surface area contributed by atoms with Crippen LogP contribution in [-0.4, -0.2) is 25.4 Å². The Morgan fingerprint density at radius 2 is 1.81 bits per heavy atom. The van der Waals surface area contributed by atoms with Gasteiger partial charge in [0, 0.05) is 11.5 Å². The molecule has 4 N–H and O–H groups in total. The van der Waals surface area contributed by atoms with Crippen LogP contribution in [0.3, 0.4) is 0 Å². The zero-order valence-corrected chi connectivity index (χ0v) is 13.5. The predicted molar refractivity (Wildman–Crippen MR) is 94.6 cm³/mol. The van der Waals surface area contributed by atoms with Gasteiger partial charge in [0.15, 0.2) is 5.82 Å². The van der Waals surface area contributed by atoms with Crippen LogP contribution in [0, 0.1) is 11.6 Å². The molecule has 0 saturated heterocycles. The van der Waals surface area contributed by atoms with Crippen LogP contribution in [-0.2, 0) is 6.54 Å². The summed E-state index contributed by atoms with van der Waals surface area (Å²) in [5, 5.41) is 14.4. The van der Waals surface area contributed by atoms with E-state index in [-0.39, 0.29) is 23.7 Å². The summed E-state index contributed by atoms with van der Waals surface area (Å²) in [6.45, 7) is 0.189. The smallest absolute Gasteiger partial charge is 0.184 e. The number of rotatable bonds is 4. The third-order valence-corrected chi connectivity index (χ3v) is 3.95. The van der Waals surface area contributed by atoms with Gasteiger partial charge in [-0.3, -0.25) is 10.2 Å². The van der Waals surface area contributed by atoms with E-state index in [0.717, 1.165) is 10.9 Å². The molecule has 0 aliphatic rings. The second-order valence-electron chi connectivity index (χ2n) is 5.68. The van der Waals surface area contributed by atoms with Crippen molar-refractivity contribution < 1.29 is 8.78 Å². The molecule has 0 spiro atoms. The minimum atomic E-state index is -0.460. The van der Waals surface area contributed by atoms with Crippen molar-refractivity contribution in [3.05, 3.63) is 65.1 Å². The summed E-state index contributed by atoms with van der Waals surface area (Å²) in [4.78, 5) is 4.17. The first-order valence-electron chi connectivity index (χ1n) is 7.87. The summed E-state index contributed by atoms with van der Waals surface area (Å²) in [6, 6.07) is 9.08. The molecule has 2 heterocycles. The summed E-state index contributed by atoms with van der Waals surface area (Å²) in [7, 11) is 0. The van der Waals surface area contributed by atoms with Crippen LogP contribution in [0.25, 0.3) is 34.4 Å². The first kappa shape index (κ1) is 16.1. The maximum absolute atomic E-state index is 14.4. The molecule has 0 atom stereocenters. The van der Waals surface area contributed by atoms with E-state index in [9.17, 15) is 8.78 Å². The molecule has 4 aromatic rings. The SMILES string of the molecule is NCc1nc(-c2cc3c(C=Cc4ccc(F)cc4)n[nH]c3cc2F)n[nH]1. The summed E-state index contributed by atoms with van der Waals surface area (Å²) in [5.41, 5.74) is 7.77. The van der Waals surface area contributed by atoms with Crippen LogP contribution >= 0.6 is 0 Å². The Kier molecular flexibility index (Phi) is 4.02. The number of fused-ring (bicyclic) bond motifs is 1. The summed E-state index contributed by atoms with van der Waals surface area (Å²) < 4.78 is 27.4. The van der Waals surface area contributed by atoms with Gasteiger partial charge in [0.05, 0.1) is 23.3 Å². The quantitative estimate of drug-likeness (QED) is 0.525. The van der Waals surface area contributed by atoms with Crippen molar-refractivity contribution in [1.82, 2.24) is 25.4 Å². The van der Waals surface area contributed by atoms with Gasteiger partial charge in [0.1, 0.15) is 17.5 Å². The number of benzene rings is 2. The van der Waals surface area contributed by atoms with E-state index < -0.39 is 5.82 Å². The second-order valence-corrected chi connectivity index (χ2v) is 5.68. The Labute approximate surface area is 146 Å². The summed E-state index contributed by atoms with van der Waals surface area (Å²) >= 11 is 0. The molecule has 130 valence electrons. The van der Waals surface area contributed by atoms with Crippen molar-refractivity contribution in [3.8, 4) is 11.4 Å². The lowest BCUT2D eigenvalue weighted by Gasteiger charge is -1.99. The van der Waals surface area contributed by atoms with E-state index in [1.165, 1.54) is 18.2 Å². The number of aromatic nitrogens is 5. The minimum Gasteiger partial charge on any atom is -0.324 e. The Bertz CT molecular complexity index is 1090. The Balaban J connectivity index is 1.74. The molecule has 0 unspecified atom stereocenters. The van der Waals surface area contributed by atoms with E-state index >= 15 is 0 Å². The zero-order valence-electron chi connectivity index (χ0n) is 13.5. The molecule has 2 aromatic carbocycles. The van der Waals surface area contributed by atoms with Crippen LogP contribution in [0.1, 0.15) is 17.1 Å². The van der Waals surface area contributed by atoms with Crippen LogP contribution in [0.15, 0.2) is 36.4 Å². The molecule has 0 fully saturated rings. The van der Waals surface area contributed by atoms with Gasteiger partial charge < -0.3 is 5.73 Å². The molecule has 0 aliphatic heterocycles. The van der Waals surface area contributed by atoms with Crippen molar-refractivity contribution in [2.75, 3.05) is 0 Å². The molecular weight excluding hydrogens is 338 g/mol. The van der Waals surface area contributed by atoms with Crippen molar-refractivity contribution in [2.24, 2.45) is 5.73 Å². The largest absolute Gasteiger partial charge is 0.324 e. The molecule has 0 radical (unpaired) electrons. The second kappa shape index (κ2) is 6.49. The van der Waals surface area contributed by atoms with Crippen molar-refractivity contribution >= 4 is 23.1 Å². The van der Waals surface area contributed by atoms with E-state index in [1.54, 1.807) is 30.4 Å². The number of H-pyrrole nitrogens is 2. The van der Waals surface area contributed by atoms with E-state index in [0.29, 0.717) is 17.0 Å². The summed E-state index contributed by atoms with van der Waals surface area (Å²) in [6.07, 6.45) is 3.58. The van der Waals surface area contributed by atoms with E-state index in [2.05, 4.69) is 25.4 Å². The molecule has 0 bridgehead atoms. The minimum absolute atomic E-state index is 0.189. The van der Waals surface area contributed by atoms with Crippen LogP contribution in [0.4, 0.5) is 8.78 Å². The van der Waals surface area contributed by atoms with Gasteiger partial charge in [-0.2, -0.15) is 10.2 Å². The number of aromatic amines is 2. The van der Waals surface area contributed by atoms with Gasteiger partial charge in [-0.15, -0.1) is 0 Å². The highest BCUT2D eigenvalue weighted by molar-refractivity contribution is 5.92. The number of hydrogen-bond acceptors (Lipinski definition) is 4. The average molecular weight is 352 g/mol. The lowest BCUT2D eigenvalue weighted by atomic mass is 10.1. The van der Waals surface area contributed by atoms with Gasteiger partial charge in [0.2, 0.25) is 0 Å². The molecule has 6 nitrogen and oxygen atoms in total. The third-order valence-electron chi connectivity index (χ3n) is 3.95. The average Bonchev–Trinajstić information content (AvgIpc) is 3.27. The highest BCUT2D eigenvalue weighted by Crippen LogP contribution is 2.27. The molecule has 0 amide bonds.